The van der Waals surface area contributed by atoms with Crippen molar-refractivity contribution in [1.82, 2.24) is 4.90 Å². The van der Waals surface area contributed by atoms with Crippen LogP contribution >= 0.6 is 0 Å². The van der Waals surface area contributed by atoms with Gasteiger partial charge in [0, 0.05) is 18.5 Å². The fourth-order valence-corrected chi connectivity index (χ4v) is 2.68. The second-order valence-corrected chi connectivity index (χ2v) is 4.98. The largest absolute Gasteiger partial charge is 0.337 e. The van der Waals surface area contributed by atoms with Gasteiger partial charge < -0.3 is 4.90 Å². The van der Waals surface area contributed by atoms with Crippen LogP contribution in [0.2, 0.25) is 0 Å². The van der Waals surface area contributed by atoms with E-state index in [4.69, 9.17) is 0 Å². The lowest BCUT2D eigenvalue weighted by molar-refractivity contribution is -0.130. The van der Waals surface area contributed by atoms with Gasteiger partial charge in [0.15, 0.2) is 0 Å². The van der Waals surface area contributed by atoms with Crippen LogP contribution in [0.1, 0.15) is 47.5 Å². The molecule has 14 heavy (non-hydrogen) atoms. The summed E-state index contributed by atoms with van der Waals surface area (Å²) in [6.07, 6.45) is 1.85. The molecule has 2 nitrogen and oxygen atoms in total. The molecule has 82 valence electrons. The minimum atomic E-state index is 0.352. The highest BCUT2D eigenvalue weighted by molar-refractivity contribution is 5.79. The van der Waals surface area contributed by atoms with Gasteiger partial charge in [-0.3, -0.25) is 4.79 Å². The monoisotopic (exact) mass is 197 g/mol. The zero-order valence-corrected chi connectivity index (χ0v) is 10.1. The third-order valence-corrected chi connectivity index (χ3v) is 3.38. The van der Waals surface area contributed by atoms with Crippen LogP contribution in [0.5, 0.6) is 0 Å². The summed E-state index contributed by atoms with van der Waals surface area (Å²) in [4.78, 5) is 13.9. The standard InChI is InChI=1S/C12H23NO/c1-6-11-10(8(2)3)7-12(14)13(11)9(4)5/h8-11H,6-7H2,1-5H3. The van der Waals surface area contributed by atoms with Crippen molar-refractivity contribution < 1.29 is 4.79 Å². The first kappa shape index (κ1) is 11.5. The molecule has 0 aromatic carbocycles. The lowest BCUT2D eigenvalue weighted by Crippen LogP contribution is -2.40. The van der Waals surface area contributed by atoms with Gasteiger partial charge in [0.05, 0.1) is 0 Å². The number of nitrogens with zero attached hydrogens (tertiary/aromatic N) is 1. The lowest BCUT2D eigenvalue weighted by Gasteiger charge is -2.32. The molecule has 1 saturated heterocycles. The highest BCUT2D eigenvalue weighted by Gasteiger charge is 2.40. The third-order valence-electron chi connectivity index (χ3n) is 3.38. The Morgan fingerprint density at radius 1 is 1.36 bits per heavy atom. The summed E-state index contributed by atoms with van der Waals surface area (Å²) in [7, 11) is 0. The fourth-order valence-electron chi connectivity index (χ4n) is 2.68. The number of carbonyl (C=O) groups excluding carboxylic acids is 1. The van der Waals surface area contributed by atoms with Crippen molar-refractivity contribution in [2.75, 3.05) is 0 Å². The lowest BCUT2D eigenvalue weighted by atomic mass is 9.87. The molecule has 2 heteroatoms. The first-order chi connectivity index (χ1) is 6.49. The maximum Gasteiger partial charge on any atom is 0.223 e. The Balaban J connectivity index is 2.82. The summed E-state index contributed by atoms with van der Waals surface area (Å²) in [5.74, 6) is 1.54. The van der Waals surface area contributed by atoms with Crippen molar-refractivity contribution in [2.45, 2.75) is 59.5 Å². The molecule has 0 N–H and O–H groups in total. The average molecular weight is 197 g/mol. The molecule has 1 aliphatic rings. The van der Waals surface area contributed by atoms with E-state index in [0.717, 1.165) is 12.8 Å². The zero-order valence-electron chi connectivity index (χ0n) is 10.1. The molecule has 1 aliphatic heterocycles. The van der Waals surface area contributed by atoms with Gasteiger partial charge in [-0.25, -0.2) is 0 Å². The number of rotatable bonds is 3. The molecule has 0 aromatic rings. The topological polar surface area (TPSA) is 20.3 Å². The van der Waals surface area contributed by atoms with Gasteiger partial charge >= 0.3 is 0 Å². The summed E-state index contributed by atoms with van der Waals surface area (Å²) in [6.45, 7) is 10.9. The Kier molecular flexibility index (Phi) is 3.57. The van der Waals surface area contributed by atoms with Crippen molar-refractivity contribution in [3.63, 3.8) is 0 Å². The number of likely N-dealkylation sites (tertiary alicyclic amines) is 1. The van der Waals surface area contributed by atoms with E-state index < -0.39 is 0 Å². The summed E-state index contributed by atoms with van der Waals surface area (Å²) in [5.41, 5.74) is 0. The maximum absolute atomic E-state index is 11.8. The molecule has 1 fully saturated rings. The van der Waals surface area contributed by atoms with Crippen molar-refractivity contribution in [1.29, 1.82) is 0 Å². The molecular weight excluding hydrogens is 174 g/mol. The molecule has 0 bridgehead atoms. The van der Waals surface area contributed by atoms with Gasteiger partial charge in [-0.05, 0) is 32.1 Å². The van der Waals surface area contributed by atoms with Gasteiger partial charge in [-0.2, -0.15) is 0 Å². The van der Waals surface area contributed by atoms with Gasteiger partial charge in [0.2, 0.25) is 5.91 Å². The van der Waals surface area contributed by atoms with E-state index in [-0.39, 0.29) is 0 Å². The summed E-state index contributed by atoms with van der Waals surface area (Å²) in [6, 6.07) is 0.832. The van der Waals surface area contributed by atoms with Crippen LogP contribution < -0.4 is 0 Å². The van der Waals surface area contributed by atoms with E-state index in [1.54, 1.807) is 0 Å². The first-order valence-corrected chi connectivity index (χ1v) is 5.80. The first-order valence-electron chi connectivity index (χ1n) is 5.80. The SMILES string of the molecule is CCC1C(C(C)C)CC(=O)N1C(C)C. The number of amides is 1. The Labute approximate surface area is 87.7 Å². The highest BCUT2D eigenvalue weighted by atomic mass is 16.2. The summed E-state index contributed by atoms with van der Waals surface area (Å²) >= 11 is 0. The number of hydrogen-bond acceptors (Lipinski definition) is 1. The van der Waals surface area contributed by atoms with Gasteiger partial charge in [0.25, 0.3) is 0 Å². The van der Waals surface area contributed by atoms with Crippen molar-refractivity contribution in [3.8, 4) is 0 Å². The van der Waals surface area contributed by atoms with Crippen LogP contribution in [0.15, 0.2) is 0 Å². The van der Waals surface area contributed by atoms with Crippen LogP contribution in [0.3, 0.4) is 0 Å². The third kappa shape index (κ3) is 1.94. The zero-order chi connectivity index (χ0) is 10.9. The minimum Gasteiger partial charge on any atom is -0.337 e. The molecule has 1 rings (SSSR count). The van der Waals surface area contributed by atoms with Gasteiger partial charge in [-0.1, -0.05) is 20.8 Å². The van der Waals surface area contributed by atoms with Crippen molar-refractivity contribution in [3.05, 3.63) is 0 Å². The fraction of sp³-hybridized carbons (Fsp3) is 0.917. The van der Waals surface area contributed by atoms with Crippen LogP contribution in [0, 0.1) is 11.8 Å². The van der Waals surface area contributed by atoms with Crippen molar-refractivity contribution >= 4 is 5.91 Å². The van der Waals surface area contributed by atoms with E-state index in [0.29, 0.717) is 29.8 Å². The molecule has 0 radical (unpaired) electrons. The average Bonchev–Trinajstić information content (AvgIpc) is 2.41. The molecule has 1 heterocycles. The number of carbonyl (C=O) groups is 1. The Morgan fingerprint density at radius 2 is 1.93 bits per heavy atom. The van der Waals surface area contributed by atoms with Crippen LogP contribution in [0.4, 0.5) is 0 Å². The quantitative estimate of drug-likeness (QED) is 0.681. The predicted molar refractivity (Wildman–Crippen MR) is 59.0 cm³/mol. The Bertz CT molecular complexity index is 210. The Hall–Kier alpha value is -0.530. The normalized spacial score (nSPS) is 28.2. The summed E-state index contributed by atoms with van der Waals surface area (Å²) in [5, 5.41) is 0. The van der Waals surface area contributed by atoms with E-state index in [1.165, 1.54) is 0 Å². The molecule has 0 saturated carbocycles. The van der Waals surface area contributed by atoms with Gasteiger partial charge in [0.1, 0.15) is 0 Å². The van der Waals surface area contributed by atoms with E-state index >= 15 is 0 Å². The number of hydrogen-bond donors (Lipinski definition) is 0. The summed E-state index contributed by atoms with van der Waals surface area (Å²) < 4.78 is 0. The minimum absolute atomic E-state index is 0.352. The molecule has 1 amide bonds. The Morgan fingerprint density at radius 3 is 2.29 bits per heavy atom. The molecule has 0 aliphatic carbocycles. The molecule has 2 unspecified atom stereocenters. The van der Waals surface area contributed by atoms with Crippen LogP contribution in [0.25, 0.3) is 0 Å². The highest BCUT2D eigenvalue weighted by Crippen LogP contribution is 2.34. The van der Waals surface area contributed by atoms with E-state index in [1.807, 2.05) is 0 Å². The molecule has 2 atom stereocenters. The predicted octanol–water partition coefficient (Wildman–Crippen LogP) is 2.68. The van der Waals surface area contributed by atoms with Crippen LogP contribution in [-0.2, 0) is 4.79 Å². The smallest absolute Gasteiger partial charge is 0.223 e. The second-order valence-electron chi connectivity index (χ2n) is 4.98. The van der Waals surface area contributed by atoms with Gasteiger partial charge in [-0.15, -0.1) is 0 Å². The van der Waals surface area contributed by atoms with Crippen LogP contribution in [-0.4, -0.2) is 22.9 Å². The van der Waals surface area contributed by atoms with Crippen molar-refractivity contribution in [2.24, 2.45) is 11.8 Å². The van der Waals surface area contributed by atoms with E-state index in [2.05, 4.69) is 39.5 Å². The molecule has 0 spiro atoms. The molecule has 0 aromatic heterocycles. The van der Waals surface area contributed by atoms with E-state index in [9.17, 15) is 4.79 Å². The molecular formula is C12H23NO. The second kappa shape index (κ2) is 4.33. The maximum atomic E-state index is 11.8.